The van der Waals surface area contributed by atoms with E-state index in [-0.39, 0.29) is 23.6 Å². The zero-order valence-electron chi connectivity index (χ0n) is 10.6. The van der Waals surface area contributed by atoms with Crippen LogP contribution in [0.1, 0.15) is 6.42 Å². The van der Waals surface area contributed by atoms with Crippen LogP contribution in [0.5, 0.6) is 0 Å². The minimum atomic E-state index is -2.87. The summed E-state index contributed by atoms with van der Waals surface area (Å²) in [6.07, 6.45) is 0.639. The Bertz CT molecular complexity index is 554. The third-order valence-electron chi connectivity index (χ3n) is 2.97. The molecule has 1 aromatic carbocycles. The number of sulfone groups is 1. The van der Waals surface area contributed by atoms with E-state index in [4.69, 9.17) is 0 Å². The molecule has 2 amide bonds. The van der Waals surface area contributed by atoms with E-state index in [1.165, 1.54) is 0 Å². The molecule has 0 aliphatic carbocycles. The lowest BCUT2D eigenvalue weighted by Gasteiger charge is -2.13. The highest BCUT2D eigenvalue weighted by Gasteiger charge is 2.27. The SMILES string of the molecule is CNC(=O)Nc1ccc(NC2CCS(=O)(=O)C2)cc1. The number of carbonyl (C=O) groups excluding carboxylic acids is 1. The van der Waals surface area contributed by atoms with Crippen LogP contribution in [-0.4, -0.2) is 39.0 Å². The monoisotopic (exact) mass is 283 g/mol. The summed E-state index contributed by atoms with van der Waals surface area (Å²) in [5.41, 5.74) is 1.54. The third kappa shape index (κ3) is 3.85. The molecule has 1 aliphatic heterocycles. The van der Waals surface area contributed by atoms with E-state index in [9.17, 15) is 13.2 Å². The minimum Gasteiger partial charge on any atom is -0.381 e. The highest BCUT2D eigenvalue weighted by molar-refractivity contribution is 7.91. The van der Waals surface area contributed by atoms with Crippen molar-refractivity contribution in [2.45, 2.75) is 12.5 Å². The summed E-state index contributed by atoms with van der Waals surface area (Å²) in [5.74, 6) is 0.437. The van der Waals surface area contributed by atoms with Gasteiger partial charge in [-0.3, -0.25) is 0 Å². The standard InChI is InChI=1S/C12H17N3O3S/c1-13-12(16)15-10-4-2-9(3-5-10)14-11-6-7-19(17,18)8-11/h2-5,11,14H,6-8H2,1H3,(H2,13,15,16). The second-order valence-electron chi connectivity index (χ2n) is 4.53. The predicted molar refractivity (Wildman–Crippen MR) is 75.2 cm³/mol. The Morgan fingerprint density at radius 3 is 2.37 bits per heavy atom. The van der Waals surface area contributed by atoms with Crippen molar-refractivity contribution in [3.63, 3.8) is 0 Å². The van der Waals surface area contributed by atoms with Gasteiger partial charge in [-0.05, 0) is 30.7 Å². The summed E-state index contributed by atoms with van der Waals surface area (Å²) < 4.78 is 22.7. The molecule has 7 heteroatoms. The average Bonchev–Trinajstić information content (AvgIpc) is 2.71. The predicted octanol–water partition coefficient (Wildman–Crippen LogP) is 1.04. The fourth-order valence-electron chi connectivity index (χ4n) is 1.99. The first-order chi connectivity index (χ1) is 8.98. The fraction of sp³-hybridized carbons (Fsp3) is 0.417. The Morgan fingerprint density at radius 2 is 1.84 bits per heavy atom. The Kier molecular flexibility index (Phi) is 3.94. The maximum Gasteiger partial charge on any atom is 0.318 e. The van der Waals surface area contributed by atoms with E-state index in [2.05, 4.69) is 16.0 Å². The molecule has 0 saturated carbocycles. The second kappa shape index (κ2) is 5.48. The number of rotatable bonds is 3. The van der Waals surface area contributed by atoms with Gasteiger partial charge in [0.25, 0.3) is 0 Å². The minimum absolute atomic E-state index is 0.0252. The summed E-state index contributed by atoms with van der Waals surface area (Å²) >= 11 is 0. The van der Waals surface area contributed by atoms with Gasteiger partial charge in [-0.2, -0.15) is 0 Å². The van der Waals surface area contributed by atoms with Crippen molar-refractivity contribution in [2.24, 2.45) is 0 Å². The van der Waals surface area contributed by atoms with Crippen LogP contribution in [0.15, 0.2) is 24.3 Å². The van der Waals surface area contributed by atoms with Gasteiger partial charge in [-0.1, -0.05) is 0 Å². The lowest BCUT2D eigenvalue weighted by Crippen LogP contribution is -2.24. The van der Waals surface area contributed by atoms with Gasteiger partial charge in [0, 0.05) is 24.5 Å². The molecule has 1 atom stereocenters. The molecule has 1 aromatic rings. The van der Waals surface area contributed by atoms with E-state index >= 15 is 0 Å². The van der Waals surface area contributed by atoms with Crippen LogP contribution in [0, 0.1) is 0 Å². The van der Waals surface area contributed by atoms with Gasteiger partial charge in [0.05, 0.1) is 11.5 Å². The van der Waals surface area contributed by atoms with Crippen LogP contribution in [0.2, 0.25) is 0 Å². The average molecular weight is 283 g/mol. The van der Waals surface area contributed by atoms with Crippen molar-refractivity contribution < 1.29 is 13.2 Å². The van der Waals surface area contributed by atoms with Crippen LogP contribution in [0.3, 0.4) is 0 Å². The zero-order chi connectivity index (χ0) is 13.9. The molecule has 104 valence electrons. The van der Waals surface area contributed by atoms with Gasteiger partial charge in [0.2, 0.25) is 0 Å². The van der Waals surface area contributed by atoms with Gasteiger partial charge in [-0.15, -0.1) is 0 Å². The van der Waals surface area contributed by atoms with E-state index in [0.717, 1.165) is 5.69 Å². The number of hydrogen-bond donors (Lipinski definition) is 3. The molecule has 2 rings (SSSR count). The van der Waals surface area contributed by atoms with Gasteiger partial charge < -0.3 is 16.0 Å². The molecule has 0 radical (unpaired) electrons. The largest absolute Gasteiger partial charge is 0.381 e. The third-order valence-corrected chi connectivity index (χ3v) is 4.74. The van der Waals surface area contributed by atoms with E-state index < -0.39 is 9.84 Å². The quantitative estimate of drug-likeness (QED) is 0.773. The first-order valence-corrected chi connectivity index (χ1v) is 7.86. The van der Waals surface area contributed by atoms with E-state index in [0.29, 0.717) is 12.1 Å². The molecular weight excluding hydrogens is 266 g/mol. The molecule has 1 heterocycles. The Hall–Kier alpha value is -1.76. The molecule has 0 bridgehead atoms. The number of nitrogens with one attached hydrogen (secondary N) is 3. The molecular formula is C12H17N3O3S. The lowest BCUT2D eigenvalue weighted by atomic mass is 10.2. The fourth-order valence-corrected chi connectivity index (χ4v) is 3.66. The van der Waals surface area contributed by atoms with Crippen molar-refractivity contribution in [3.8, 4) is 0 Å². The highest BCUT2D eigenvalue weighted by Crippen LogP contribution is 2.19. The molecule has 0 aromatic heterocycles. The van der Waals surface area contributed by atoms with Crippen molar-refractivity contribution in [2.75, 3.05) is 29.2 Å². The molecule has 0 spiro atoms. The van der Waals surface area contributed by atoms with E-state index in [1.54, 1.807) is 19.2 Å². The number of hydrogen-bond acceptors (Lipinski definition) is 4. The van der Waals surface area contributed by atoms with Crippen LogP contribution in [0.25, 0.3) is 0 Å². The highest BCUT2D eigenvalue weighted by atomic mass is 32.2. The van der Waals surface area contributed by atoms with Gasteiger partial charge in [0.1, 0.15) is 0 Å². The molecule has 1 saturated heterocycles. The molecule has 1 aliphatic rings. The molecule has 1 unspecified atom stereocenters. The lowest BCUT2D eigenvalue weighted by molar-refractivity contribution is 0.254. The maximum absolute atomic E-state index is 11.3. The Balaban J connectivity index is 1.94. The molecule has 6 nitrogen and oxygen atoms in total. The van der Waals surface area contributed by atoms with Crippen LogP contribution < -0.4 is 16.0 Å². The zero-order valence-corrected chi connectivity index (χ0v) is 11.5. The van der Waals surface area contributed by atoms with Gasteiger partial charge in [0.15, 0.2) is 9.84 Å². The number of urea groups is 1. The molecule has 1 fully saturated rings. The van der Waals surface area contributed by atoms with Crippen molar-refractivity contribution in [3.05, 3.63) is 24.3 Å². The summed E-state index contributed by atoms with van der Waals surface area (Å²) in [5, 5.41) is 8.30. The smallest absolute Gasteiger partial charge is 0.318 e. The first-order valence-electron chi connectivity index (χ1n) is 6.04. The maximum atomic E-state index is 11.3. The normalized spacial score (nSPS) is 20.8. The van der Waals surface area contributed by atoms with Gasteiger partial charge in [-0.25, -0.2) is 13.2 Å². The molecule has 3 N–H and O–H groups in total. The van der Waals surface area contributed by atoms with Crippen molar-refractivity contribution in [1.29, 1.82) is 0 Å². The van der Waals surface area contributed by atoms with Gasteiger partial charge >= 0.3 is 6.03 Å². The van der Waals surface area contributed by atoms with Crippen LogP contribution in [-0.2, 0) is 9.84 Å². The first kappa shape index (κ1) is 13.7. The van der Waals surface area contributed by atoms with Crippen molar-refractivity contribution >= 4 is 27.2 Å². The topological polar surface area (TPSA) is 87.3 Å². The Morgan fingerprint density at radius 1 is 1.21 bits per heavy atom. The summed E-state index contributed by atoms with van der Waals surface area (Å²) in [4.78, 5) is 11.1. The number of anilines is 2. The number of carbonyl (C=O) groups is 1. The summed E-state index contributed by atoms with van der Waals surface area (Å²) in [7, 11) is -1.32. The number of amides is 2. The van der Waals surface area contributed by atoms with Crippen LogP contribution in [0.4, 0.5) is 16.2 Å². The van der Waals surface area contributed by atoms with Crippen molar-refractivity contribution in [1.82, 2.24) is 5.32 Å². The Labute approximate surface area is 112 Å². The summed E-state index contributed by atoms with van der Waals surface area (Å²) in [6.45, 7) is 0. The number of benzene rings is 1. The molecule has 19 heavy (non-hydrogen) atoms. The van der Waals surface area contributed by atoms with Crippen LogP contribution >= 0.6 is 0 Å². The van der Waals surface area contributed by atoms with E-state index in [1.807, 2.05) is 12.1 Å². The second-order valence-corrected chi connectivity index (χ2v) is 6.75. The summed E-state index contributed by atoms with van der Waals surface area (Å²) in [6, 6.07) is 6.86.